The monoisotopic (exact) mass is 244 g/mol. The quantitative estimate of drug-likeness (QED) is 0.585. The zero-order chi connectivity index (χ0) is 13.0. The molecule has 0 N–H and O–H groups in total. The summed E-state index contributed by atoms with van der Waals surface area (Å²) in [4.78, 5) is 12.1. The molecule has 0 spiro atoms. The number of hydrogen-bond donors (Lipinski definition) is 0. The van der Waals surface area contributed by atoms with E-state index in [-0.39, 0.29) is 11.4 Å². The standard InChI is InChI=1S/C16H20O2/c1-3-4-5-11-18-15(17)16(9-10-16)14-8-6-7-13(2)12-14/h4-8,12H,3,9-11H2,1-2H3/b5-4+. The smallest absolute Gasteiger partial charge is 0.316 e. The van der Waals surface area contributed by atoms with Crippen molar-refractivity contribution in [1.29, 1.82) is 0 Å². The lowest BCUT2D eigenvalue weighted by atomic mass is 9.95. The van der Waals surface area contributed by atoms with Crippen molar-refractivity contribution in [2.45, 2.75) is 38.5 Å². The molecule has 2 rings (SSSR count). The van der Waals surface area contributed by atoms with Crippen LogP contribution in [-0.4, -0.2) is 12.6 Å². The Labute approximate surface area is 109 Å². The number of carbonyl (C=O) groups is 1. The lowest BCUT2D eigenvalue weighted by molar-refractivity contribution is -0.145. The normalized spacial score (nSPS) is 16.8. The first-order valence-electron chi connectivity index (χ1n) is 6.58. The highest BCUT2D eigenvalue weighted by molar-refractivity contribution is 5.86. The average molecular weight is 244 g/mol. The van der Waals surface area contributed by atoms with Gasteiger partial charge in [-0.2, -0.15) is 0 Å². The predicted molar refractivity (Wildman–Crippen MR) is 72.5 cm³/mol. The molecule has 0 aliphatic heterocycles. The Kier molecular flexibility index (Phi) is 3.85. The van der Waals surface area contributed by atoms with E-state index in [1.807, 2.05) is 24.3 Å². The first-order valence-corrected chi connectivity index (χ1v) is 6.58. The molecule has 1 aliphatic carbocycles. The molecule has 0 unspecified atom stereocenters. The van der Waals surface area contributed by atoms with Gasteiger partial charge in [0.15, 0.2) is 0 Å². The van der Waals surface area contributed by atoms with Crippen molar-refractivity contribution in [2.75, 3.05) is 6.61 Å². The summed E-state index contributed by atoms with van der Waals surface area (Å²) in [5.41, 5.74) is 1.94. The van der Waals surface area contributed by atoms with Crippen molar-refractivity contribution < 1.29 is 9.53 Å². The number of benzene rings is 1. The molecule has 0 aromatic heterocycles. The highest BCUT2D eigenvalue weighted by Crippen LogP contribution is 2.49. The van der Waals surface area contributed by atoms with Crippen molar-refractivity contribution in [2.24, 2.45) is 0 Å². The fourth-order valence-electron chi connectivity index (χ4n) is 2.18. The molecule has 18 heavy (non-hydrogen) atoms. The molecular weight excluding hydrogens is 224 g/mol. The highest BCUT2D eigenvalue weighted by Gasteiger charge is 2.52. The third kappa shape index (κ3) is 2.63. The van der Waals surface area contributed by atoms with Gasteiger partial charge in [-0.1, -0.05) is 48.9 Å². The van der Waals surface area contributed by atoms with Crippen LogP contribution in [0.15, 0.2) is 36.4 Å². The van der Waals surface area contributed by atoms with Crippen LogP contribution in [0.3, 0.4) is 0 Å². The first kappa shape index (κ1) is 12.9. The number of esters is 1. The van der Waals surface area contributed by atoms with Crippen molar-refractivity contribution in [3.8, 4) is 0 Å². The Bertz CT molecular complexity index is 456. The Balaban J connectivity index is 2.03. The van der Waals surface area contributed by atoms with Crippen LogP contribution >= 0.6 is 0 Å². The van der Waals surface area contributed by atoms with Crippen molar-refractivity contribution in [3.05, 3.63) is 47.5 Å². The second-order valence-corrected chi connectivity index (χ2v) is 4.93. The van der Waals surface area contributed by atoms with Gasteiger partial charge in [0.05, 0.1) is 5.41 Å². The van der Waals surface area contributed by atoms with Crippen molar-refractivity contribution in [1.82, 2.24) is 0 Å². The van der Waals surface area contributed by atoms with E-state index in [1.165, 1.54) is 5.56 Å². The summed E-state index contributed by atoms with van der Waals surface area (Å²) in [6, 6.07) is 8.18. The molecule has 1 saturated carbocycles. The van der Waals surface area contributed by atoms with Gasteiger partial charge in [0.2, 0.25) is 0 Å². The second-order valence-electron chi connectivity index (χ2n) is 4.93. The zero-order valence-electron chi connectivity index (χ0n) is 11.1. The van der Waals surface area contributed by atoms with E-state index < -0.39 is 0 Å². The summed E-state index contributed by atoms with van der Waals surface area (Å²) in [5.74, 6) is -0.0751. The van der Waals surface area contributed by atoms with Crippen molar-refractivity contribution in [3.63, 3.8) is 0 Å². The van der Waals surface area contributed by atoms with Crippen LogP contribution in [0.25, 0.3) is 0 Å². The Morgan fingerprint density at radius 2 is 2.17 bits per heavy atom. The van der Waals surface area contributed by atoms with E-state index in [0.29, 0.717) is 6.61 Å². The summed E-state index contributed by atoms with van der Waals surface area (Å²) >= 11 is 0. The zero-order valence-corrected chi connectivity index (χ0v) is 11.1. The number of aryl methyl sites for hydroxylation is 1. The summed E-state index contributed by atoms with van der Waals surface area (Å²) in [7, 11) is 0. The summed E-state index contributed by atoms with van der Waals surface area (Å²) < 4.78 is 5.34. The van der Waals surface area contributed by atoms with E-state index >= 15 is 0 Å². The SMILES string of the molecule is CC/C=C/COC(=O)C1(c2cccc(C)c2)CC1. The molecule has 1 fully saturated rings. The minimum absolute atomic E-state index is 0.0751. The third-order valence-corrected chi connectivity index (χ3v) is 3.42. The van der Waals surface area contributed by atoms with Crippen LogP contribution in [0.2, 0.25) is 0 Å². The second kappa shape index (κ2) is 5.38. The van der Waals surface area contributed by atoms with Gasteiger partial charge in [-0.25, -0.2) is 0 Å². The average Bonchev–Trinajstić information content (AvgIpc) is 3.16. The maximum atomic E-state index is 12.1. The minimum atomic E-state index is -0.355. The van der Waals surface area contributed by atoms with Crippen LogP contribution in [0.1, 0.15) is 37.3 Å². The van der Waals surface area contributed by atoms with Gasteiger partial charge in [-0.15, -0.1) is 0 Å². The Morgan fingerprint density at radius 3 is 2.78 bits per heavy atom. The number of rotatable bonds is 5. The summed E-state index contributed by atoms with van der Waals surface area (Å²) in [5, 5.41) is 0. The molecule has 1 aromatic carbocycles. The van der Waals surface area contributed by atoms with Gasteiger partial charge < -0.3 is 4.74 Å². The highest BCUT2D eigenvalue weighted by atomic mass is 16.5. The molecule has 96 valence electrons. The van der Waals surface area contributed by atoms with E-state index in [1.54, 1.807) is 0 Å². The van der Waals surface area contributed by atoms with E-state index in [4.69, 9.17) is 4.74 Å². The Hall–Kier alpha value is -1.57. The number of hydrogen-bond acceptors (Lipinski definition) is 2. The molecule has 2 nitrogen and oxygen atoms in total. The molecule has 0 radical (unpaired) electrons. The van der Waals surface area contributed by atoms with Crippen LogP contribution < -0.4 is 0 Å². The summed E-state index contributed by atoms with van der Waals surface area (Å²) in [6.45, 7) is 4.50. The molecular formula is C16H20O2. The van der Waals surface area contributed by atoms with Gasteiger partial charge in [0.1, 0.15) is 6.61 Å². The van der Waals surface area contributed by atoms with Crippen LogP contribution in [-0.2, 0) is 14.9 Å². The topological polar surface area (TPSA) is 26.3 Å². The molecule has 2 heteroatoms. The largest absolute Gasteiger partial charge is 0.461 e. The van der Waals surface area contributed by atoms with Crippen LogP contribution in [0, 0.1) is 6.92 Å². The van der Waals surface area contributed by atoms with E-state index in [0.717, 1.165) is 24.8 Å². The fourth-order valence-corrected chi connectivity index (χ4v) is 2.18. The van der Waals surface area contributed by atoms with E-state index in [9.17, 15) is 4.79 Å². The third-order valence-electron chi connectivity index (χ3n) is 3.42. The maximum absolute atomic E-state index is 12.1. The van der Waals surface area contributed by atoms with Gasteiger partial charge in [0, 0.05) is 0 Å². The molecule has 0 amide bonds. The lowest BCUT2D eigenvalue weighted by Gasteiger charge is -2.14. The van der Waals surface area contributed by atoms with E-state index in [2.05, 4.69) is 26.0 Å². The molecule has 0 atom stereocenters. The van der Waals surface area contributed by atoms with Gasteiger partial charge in [-0.05, 0) is 31.7 Å². The van der Waals surface area contributed by atoms with Gasteiger partial charge in [-0.3, -0.25) is 4.79 Å². The molecule has 0 heterocycles. The summed E-state index contributed by atoms with van der Waals surface area (Å²) in [6.07, 6.45) is 6.71. The first-order chi connectivity index (χ1) is 8.69. The fraction of sp³-hybridized carbons (Fsp3) is 0.438. The van der Waals surface area contributed by atoms with Gasteiger partial charge >= 0.3 is 5.97 Å². The van der Waals surface area contributed by atoms with Crippen LogP contribution in [0.5, 0.6) is 0 Å². The maximum Gasteiger partial charge on any atom is 0.316 e. The molecule has 0 saturated heterocycles. The number of ether oxygens (including phenoxy) is 1. The van der Waals surface area contributed by atoms with Gasteiger partial charge in [0.25, 0.3) is 0 Å². The molecule has 1 aliphatic rings. The minimum Gasteiger partial charge on any atom is -0.461 e. The number of allylic oxidation sites excluding steroid dienone is 1. The van der Waals surface area contributed by atoms with Crippen molar-refractivity contribution >= 4 is 5.97 Å². The molecule has 0 bridgehead atoms. The van der Waals surface area contributed by atoms with Crippen LogP contribution in [0.4, 0.5) is 0 Å². The lowest BCUT2D eigenvalue weighted by Crippen LogP contribution is -2.23. The predicted octanol–water partition coefficient (Wildman–Crippen LogP) is 3.54. The molecule has 1 aromatic rings. The number of carbonyl (C=O) groups excluding carboxylic acids is 1. The Morgan fingerprint density at radius 1 is 1.39 bits per heavy atom.